The number of carbonyl (C=O) groups excluding carboxylic acids is 2. The number of thioether (sulfide) groups is 1. The van der Waals surface area contributed by atoms with Crippen molar-refractivity contribution in [3.8, 4) is 46.3 Å². The van der Waals surface area contributed by atoms with Crippen LogP contribution >= 0.6 is 11.8 Å². The molecule has 1 unspecified atom stereocenters. The van der Waals surface area contributed by atoms with Gasteiger partial charge in [0.15, 0.2) is 40.0 Å². The molecule has 4 bridgehead atoms. The summed E-state index contributed by atoms with van der Waals surface area (Å²) in [7, 11) is 5.28. The third kappa shape index (κ3) is 6.71. The fraction of sp³-hybridized carbons (Fsp3) is 0.553. The molecule has 1 spiro atoms. The van der Waals surface area contributed by atoms with Crippen LogP contribution in [0.25, 0.3) is 0 Å². The molecule has 7 aliphatic rings. The second-order valence-corrected chi connectivity index (χ2v) is 19.0. The quantitative estimate of drug-likeness (QED) is 0.196. The Kier molecular flexibility index (Phi) is 11.1. The minimum Gasteiger partial charge on any atom is -0.493 e. The van der Waals surface area contributed by atoms with Gasteiger partial charge in [0.1, 0.15) is 24.0 Å². The highest BCUT2D eigenvalue weighted by Crippen LogP contribution is 2.65. The number of fused-ring (bicyclic) bond motifs is 9. The summed E-state index contributed by atoms with van der Waals surface area (Å²) >= 11 is 1.62. The zero-order valence-electron chi connectivity index (χ0n) is 37.6. The summed E-state index contributed by atoms with van der Waals surface area (Å²) < 4.78 is 55.5. The van der Waals surface area contributed by atoms with E-state index in [1.807, 2.05) is 27.7 Å². The molecule has 0 amide bonds. The smallest absolute Gasteiger partial charge is 0.493 e. The number of aryl methyl sites for hydroxylation is 1. The molecule has 15 nitrogen and oxygen atoms in total. The van der Waals surface area contributed by atoms with Crippen LogP contribution in [0, 0.1) is 25.2 Å². The number of esters is 1. The third-order valence-electron chi connectivity index (χ3n) is 13.3. The first-order valence-electron chi connectivity index (χ1n) is 21.7. The Morgan fingerprint density at radius 2 is 1.71 bits per heavy atom. The van der Waals surface area contributed by atoms with Crippen molar-refractivity contribution in [3.05, 3.63) is 62.7 Å². The minimum atomic E-state index is -1.35. The zero-order chi connectivity index (χ0) is 44.7. The lowest BCUT2D eigenvalue weighted by Gasteiger charge is -2.62. The standard InChI is InChI=1S/C47H56N4O11S/c1-11-56-39-24(4)40-42(60-22-59-40)34-30-20-58-44(52)47(27-18-31(54-9)32(17-25(27)13-14-49-47)61-45(53)62-46(5,6)7)21-63-43(35(34)39)37-36-33-26(15-23(3)38(55-10)41(33)57-12-2)16-28(50(36)8)29(19-48)51(30)37/h15,17-18,28-30,36-37,43,49H,11-14,16,20-22H2,1-10H3/t28-,29-,30-,36-,37?,43+,47+/m0/s1. The molecule has 3 aromatic rings. The number of carbonyl (C=O) groups is 2. The van der Waals surface area contributed by atoms with Crippen LogP contribution in [0.2, 0.25) is 0 Å². The zero-order valence-corrected chi connectivity index (χ0v) is 38.4. The number of piperazine rings is 1. The van der Waals surface area contributed by atoms with E-state index >= 15 is 4.79 Å². The Balaban J connectivity index is 1.27. The molecule has 3 aromatic carbocycles. The van der Waals surface area contributed by atoms with Gasteiger partial charge in [0, 0.05) is 46.6 Å². The van der Waals surface area contributed by atoms with Crippen molar-refractivity contribution in [1.82, 2.24) is 15.1 Å². The second-order valence-electron chi connectivity index (χ2n) is 17.9. The maximum atomic E-state index is 15.1. The number of benzene rings is 3. The average molecular weight is 885 g/mol. The highest BCUT2D eigenvalue weighted by atomic mass is 32.2. The molecule has 0 radical (unpaired) electrons. The molecular weight excluding hydrogens is 829 g/mol. The van der Waals surface area contributed by atoms with Gasteiger partial charge in [-0.3, -0.25) is 15.1 Å². The van der Waals surface area contributed by atoms with Crippen molar-refractivity contribution in [2.75, 3.05) is 60.2 Å². The van der Waals surface area contributed by atoms with Crippen LogP contribution in [-0.4, -0.2) is 106 Å². The van der Waals surface area contributed by atoms with Crippen LogP contribution in [0.4, 0.5) is 4.79 Å². The SMILES string of the molecule is CCOc1c(C)c2c(c3c1[C@H]1SC[C@]4(NCCc5cc(OC(=O)OC(C)(C)C)c(OC)cc54)C(=O)OC[C@@H]3N3C1[C@@H]1c4c(cc(C)c(OC)c4OCC)C[C@@H]([C@@H]3C#N)N1C)OCO2. The van der Waals surface area contributed by atoms with Crippen LogP contribution in [0.15, 0.2) is 18.2 Å². The normalized spacial score (nSPS) is 26.9. The number of hydrogen-bond acceptors (Lipinski definition) is 16. The lowest BCUT2D eigenvalue weighted by molar-refractivity contribution is -0.157. The maximum absolute atomic E-state index is 15.1. The Labute approximate surface area is 372 Å². The monoisotopic (exact) mass is 884 g/mol. The van der Waals surface area contributed by atoms with Crippen molar-refractivity contribution >= 4 is 23.9 Å². The fourth-order valence-corrected chi connectivity index (χ4v) is 12.6. The molecule has 16 heteroatoms. The molecular formula is C47H56N4O11S. The molecule has 2 saturated heterocycles. The Morgan fingerprint density at radius 3 is 2.41 bits per heavy atom. The summed E-state index contributed by atoms with van der Waals surface area (Å²) in [6.07, 6.45) is 0.286. The molecule has 63 heavy (non-hydrogen) atoms. The summed E-state index contributed by atoms with van der Waals surface area (Å²) in [6, 6.07) is 6.35. The summed E-state index contributed by atoms with van der Waals surface area (Å²) in [5, 5.41) is 14.5. The number of nitrogens with one attached hydrogen (secondary N) is 1. The Morgan fingerprint density at radius 1 is 0.968 bits per heavy atom. The van der Waals surface area contributed by atoms with Gasteiger partial charge in [-0.05, 0) is 103 Å². The molecule has 336 valence electrons. The van der Waals surface area contributed by atoms with E-state index in [0.717, 1.165) is 38.9 Å². The van der Waals surface area contributed by atoms with E-state index in [9.17, 15) is 10.1 Å². The van der Waals surface area contributed by atoms with Gasteiger partial charge in [0.25, 0.3) is 0 Å². The van der Waals surface area contributed by atoms with E-state index < -0.39 is 40.6 Å². The van der Waals surface area contributed by atoms with Crippen LogP contribution in [-0.2, 0) is 32.6 Å². The number of likely N-dealkylation sites (N-methyl/N-ethyl adjacent to an activating group) is 1. The second kappa shape index (κ2) is 16.2. The van der Waals surface area contributed by atoms with Gasteiger partial charge in [0.2, 0.25) is 6.79 Å². The summed E-state index contributed by atoms with van der Waals surface area (Å²) in [5.74, 6) is 3.46. The third-order valence-corrected chi connectivity index (χ3v) is 14.8. The number of hydrogen-bond donors (Lipinski definition) is 1. The summed E-state index contributed by atoms with van der Waals surface area (Å²) in [6.45, 7) is 14.5. The average Bonchev–Trinajstić information content (AvgIpc) is 3.73. The predicted molar refractivity (Wildman–Crippen MR) is 233 cm³/mol. The molecule has 7 atom stereocenters. The van der Waals surface area contributed by atoms with Gasteiger partial charge in [-0.25, -0.2) is 9.59 Å². The molecule has 7 aliphatic heterocycles. The number of rotatable bonds is 7. The lowest BCUT2D eigenvalue weighted by atomic mass is 9.71. The van der Waals surface area contributed by atoms with Crippen molar-refractivity contribution in [2.24, 2.45) is 0 Å². The minimum absolute atomic E-state index is 0.0249. The molecule has 0 saturated carbocycles. The van der Waals surface area contributed by atoms with E-state index in [-0.39, 0.29) is 48.8 Å². The molecule has 10 rings (SSSR count). The van der Waals surface area contributed by atoms with Crippen LogP contribution < -0.4 is 38.5 Å². The van der Waals surface area contributed by atoms with E-state index in [0.29, 0.717) is 66.9 Å². The molecule has 0 aromatic heterocycles. The molecule has 7 heterocycles. The number of nitrogens with zero attached hydrogens (tertiary/aromatic N) is 3. The topological polar surface area (TPSA) is 160 Å². The van der Waals surface area contributed by atoms with Gasteiger partial charge < -0.3 is 42.6 Å². The largest absolute Gasteiger partial charge is 0.514 e. The number of ether oxygens (including phenoxy) is 9. The maximum Gasteiger partial charge on any atom is 0.514 e. The van der Waals surface area contributed by atoms with Crippen molar-refractivity contribution < 1.29 is 52.2 Å². The van der Waals surface area contributed by atoms with E-state index in [4.69, 9.17) is 42.6 Å². The first-order chi connectivity index (χ1) is 30.2. The summed E-state index contributed by atoms with van der Waals surface area (Å²) in [5.41, 5.74) is 5.03. The number of methoxy groups -OCH3 is 2. The highest BCUT2D eigenvalue weighted by Gasteiger charge is 2.62. The van der Waals surface area contributed by atoms with Crippen molar-refractivity contribution in [2.45, 2.75) is 108 Å². The van der Waals surface area contributed by atoms with Crippen LogP contribution in [0.3, 0.4) is 0 Å². The van der Waals surface area contributed by atoms with Gasteiger partial charge in [-0.15, -0.1) is 11.8 Å². The molecule has 2 fully saturated rings. The van der Waals surface area contributed by atoms with Gasteiger partial charge in [-0.2, -0.15) is 5.26 Å². The van der Waals surface area contributed by atoms with Gasteiger partial charge in [-0.1, -0.05) is 6.07 Å². The van der Waals surface area contributed by atoms with E-state index in [1.54, 1.807) is 51.8 Å². The van der Waals surface area contributed by atoms with Gasteiger partial charge in [0.05, 0.1) is 50.8 Å². The van der Waals surface area contributed by atoms with E-state index in [2.05, 4.69) is 34.3 Å². The predicted octanol–water partition coefficient (Wildman–Crippen LogP) is 6.76. The molecule has 1 N–H and O–H groups in total. The van der Waals surface area contributed by atoms with Gasteiger partial charge >= 0.3 is 12.1 Å². The first kappa shape index (κ1) is 43.2. The van der Waals surface area contributed by atoms with E-state index in [1.165, 1.54) is 7.11 Å². The Bertz CT molecular complexity index is 2410. The van der Waals surface area contributed by atoms with Crippen molar-refractivity contribution in [3.63, 3.8) is 0 Å². The fourth-order valence-electron chi connectivity index (χ4n) is 10.9. The number of nitriles is 1. The Hall–Kier alpha value is -5.08. The molecule has 0 aliphatic carbocycles. The first-order valence-corrected chi connectivity index (χ1v) is 22.7. The van der Waals surface area contributed by atoms with Crippen LogP contribution in [0.1, 0.15) is 96.5 Å². The van der Waals surface area contributed by atoms with Crippen molar-refractivity contribution in [1.29, 1.82) is 5.26 Å². The highest BCUT2D eigenvalue weighted by molar-refractivity contribution is 7.99. The summed E-state index contributed by atoms with van der Waals surface area (Å²) in [4.78, 5) is 32.7. The lowest BCUT2D eigenvalue weighted by Crippen LogP contribution is -2.69. The van der Waals surface area contributed by atoms with Crippen LogP contribution in [0.5, 0.6) is 40.2 Å².